The van der Waals surface area contributed by atoms with Gasteiger partial charge in [0.15, 0.2) is 17.4 Å². The molecule has 0 spiro atoms. The molecule has 3 rings (SSSR count). The van der Waals surface area contributed by atoms with Gasteiger partial charge in [0, 0.05) is 6.20 Å². The SMILES string of the molecule is C#C[C@]12O[C@@H](n3ccc(N)nc3=O)[C@](C)(O)[C@@]1(O)C2O. The van der Waals surface area contributed by atoms with Crippen molar-refractivity contribution < 1.29 is 20.1 Å². The van der Waals surface area contributed by atoms with E-state index in [9.17, 15) is 20.1 Å². The highest BCUT2D eigenvalue weighted by molar-refractivity contribution is 5.48. The molecule has 0 radical (unpaired) electrons. The molecule has 20 heavy (non-hydrogen) atoms. The predicted octanol–water partition coefficient (Wildman–Crippen LogP) is -2.42. The molecule has 106 valence electrons. The molecule has 1 aliphatic heterocycles. The second-order valence-electron chi connectivity index (χ2n) is 5.21. The Labute approximate surface area is 113 Å². The Morgan fingerprint density at radius 1 is 1.60 bits per heavy atom. The van der Waals surface area contributed by atoms with Gasteiger partial charge >= 0.3 is 5.69 Å². The number of fused-ring (bicyclic) bond motifs is 1. The number of hydrogen-bond acceptors (Lipinski definition) is 7. The summed E-state index contributed by atoms with van der Waals surface area (Å²) in [4.78, 5) is 15.3. The molecule has 1 aliphatic carbocycles. The van der Waals surface area contributed by atoms with Crippen LogP contribution in [0.15, 0.2) is 17.1 Å². The van der Waals surface area contributed by atoms with Crippen LogP contribution >= 0.6 is 0 Å². The largest absolute Gasteiger partial charge is 0.386 e. The highest BCUT2D eigenvalue weighted by atomic mass is 16.6. The quantitative estimate of drug-likeness (QED) is 0.421. The van der Waals surface area contributed by atoms with Crippen LogP contribution in [-0.2, 0) is 4.74 Å². The summed E-state index contributed by atoms with van der Waals surface area (Å²) in [6, 6.07) is 1.34. The highest BCUT2D eigenvalue weighted by Crippen LogP contribution is 2.66. The van der Waals surface area contributed by atoms with E-state index < -0.39 is 34.8 Å². The van der Waals surface area contributed by atoms with Crippen molar-refractivity contribution >= 4 is 5.82 Å². The van der Waals surface area contributed by atoms with Gasteiger partial charge < -0.3 is 25.8 Å². The van der Waals surface area contributed by atoms with Gasteiger partial charge in [-0.25, -0.2) is 4.79 Å². The van der Waals surface area contributed by atoms with Gasteiger partial charge in [-0.2, -0.15) is 4.98 Å². The average Bonchev–Trinajstić information content (AvgIpc) is 2.78. The lowest BCUT2D eigenvalue weighted by Crippen LogP contribution is -2.50. The Morgan fingerprint density at radius 3 is 2.75 bits per heavy atom. The Hall–Kier alpha value is -1.92. The van der Waals surface area contributed by atoms with Crippen molar-refractivity contribution in [3.63, 3.8) is 0 Å². The van der Waals surface area contributed by atoms with Crippen molar-refractivity contribution in [3.05, 3.63) is 22.7 Å². The molecule has 0 aromatic carbocycles. The summed E-state index contributed by atoms with van der Waals surface area (Å²) in [6.45, 7) is 1.23. The highest BCUT2D eigenvalue weighted by Gasteiger charge is 2.91. The number of aromatic nitrogens is 2. The first-order chi connectivity index (χ1) is 9.22. The molecule has 2 aliphatic rings. The van der Waals surface area contributed by atoms with E-state index in [0.29, 0.717) is 0 Å². The molecule has 1 aromatic rings. The minimum absolute atomic E-state index is 0.0134. The number of hydrogen-bond donors (Lipinski definition) is 4. The Morgan fingerprint density at radius 2 is 2.25 bits per heavy atom. The van der Waals surface area contributed by atoms with E-state index in [1.165, 1.54) is 19.2 Å². The van der Waals surface area contributed by atoms with Crippen LogP contribution in [0.4, 0.5) is 5.82 Å². The van der Waals surface area contributed by atoms with E-state index in [0.717, 1.165) is 4.57 Å². The van der Waals surface area contributed by atoms with Crippen LogP contribution in [0, 0.1) is 12.3 Å². The number of aliphatic hydroxyl groups is 3. The summed E-state index contributed by atoms with van der Waals surface area (Å²) < 4.78 is 6.37. The summed E-state index contributed by atoms with van der Waals surface area (Å²) in [5, 5.41) is 30.6. The second kappa shape index (κ2) is 3.39. The van der Waals surface area contributed by atoms with E-state index in [1.54, 1.807) is 0 Å². The number of rotatable bonds is 1. The van der Waals surface area contributed by atoms with E-state index in [1.807, 2.05) is 0 Å². The molecular weight excluding hydrogens is 266 g/mol. The number of nitrogens with two attached hydrogens (primary N) is 1. The lowest BCUT2D eigenvalue weighted by molar-refractivity contribution is -0.163. The second-order valence-corrected chi connectivity index (χ2v) is 5.21. The fourth-order valence-electron chi connectivity index (χ4n) is 2.86. The molecule has 5 atom stereocenters. The first-order valence-electron chi connectivity index (χ1n) is 5.85. The third-order valence-corrected chi connectivity index (χ3v) is 4.13. The van der Waals surface area contributed by atoms with E-state index in [2.05, 4.69) is 10.9 Å². The Kier molecular flexibility index (Phi) is 2.22. The predicted molar refractivity (Wildman–Crippen MR) is 66.2 cm³/mol. The molecule has 1 aromatic heterocycles. The maximum Gasteiger partial charge on any atom is 0.351 e. The summed E-state index contributed by atoms with van der Waals surface area (Å²) in [5.41, 5.74) is -1.13. The third-order valence-electron chi connectivity index (χ3n) is 4.13. The lowest BCUT2D eigenvalue weighted by atomic mass is 9.94. The smallest absolute Gasteiger partial charge is 0.351 e. The van der Waals surface area contributed by atoms with Crippen LogP contribution in [0.5, 0.6) is 0 Å². The van der Waals surface area contributed by atoms with Crippen molar-refractivity contribution in [1.82, 2.24) is 9.55 Å². The fourth-order valence-corrected chi connectivity index (χ4v) is 2.86. The number of terminal acetylenes is 1. The maximum atomic E-state index is 11.8. The van der Waals surface area contributed by atoms with Gasteiger partial charge in [0.2, 0.25) is 0 Å². The van der Waals surface area contributed by atoms with Gasteiger partial charge in [-0.05, 0) is 13.0 Å². The van der Waals surface area contributed by atoms with Gasteiger partial charge in [0.05, 0.1) is 0 Å². The molecular formula is C12H13N3O5. The number of ether oxygens (including phenoxy) is 1. The zero-order chi connectivity index (χ0) is 14.9. The first-order valence-corrected chi connectivity index (χ1v) is 5.85. The summed E-state index contributed by atoms with van der Waals surface area (Å²) in [7, 11) is 0. The van der Waals surface area contributed by atoms with Crippen LogP contribution in [0.1, 0.15) is 13.2 Å². The number of anilines is 1. The van der Waals surface area contributed by atoms with Crippen LogP contribution in [0.25, 0.3) is 0 Å². The number of nitrogen functional groups attached to an aromatic ring is 1. The van der Waals surface area contributed by atoms with Gasteiger partial charge in [0.25, 0.3) is 0 Å². The Bertz CT molecular complexity index is 693. The molecule has 0 bridgehead atoms. The molecule has 2 heterocycles. The van der Waals surface area contributed by atoms with E-state index in [4.69, 9.17) is 16.9 Å². The maximum absolute atomic E-state index is 11.8. The van der Waals surface area contributed by atoms with Crippen LogP contribution in [0.3, 0.4) is 0 Å². The van der Waals surface area contributed by atoms with Crippen LogP contribution in [-0.4, -0.2) is 47.8 Å². The molecule has 0 amide bonds. The van der Waals surface area contributed by atoms with Gasteiger partial charge in [-0.15, -0.1) is 6.42 Å². The minimum Gasteiger partial charge on any atom is -0.386 e. The fraction of sp³-hybridized carbons (Fsp3) is 0.500. The molecule has 1 saturated heterocycles. The number of aliphatic hydroxyl groups excluding tert-OH is 1. The molecule has 8 nitrogen and oxygen atoms in total. The molecule has 5 N–H and O–H groups in total. The van der Waals surface area contributed by atoms with Crippen molar-refractivity contribution in [1.29, 1.82) is 0 Å². The van der Waals surface area contributed by atoms with Crippen LogP contribution < -0.4 is 11.4 Å². The molecule has 8 heteroatoms. The van der Waals surface area contributed by atoms with E-state index in [-0.39, 0.29) is 5.82 Å². The first kappa shape index (κ1) is 13.1. The Balaban J connectivity index is 2.11. The third kappa shape index (κ3) is 1.12. The van der Waals surface area contributed by atoms with Gasteiger partial charge in [-0.1, -0.05) is 5.92 Å². The van der Waals surface area contributed by atoms with Crippen molar-refractivity contribution in [2.45, 2.75) is 36.1 Å². The molecule has 1 unspecified atom stereocenters. The molecule has 1 saturated carbocycles. The topological polar surface area (TPSA) is 131 Å². The minimum atomic E-state index is -2.04. The van der Waals surface area contributed by atoms with Gasteiger partial charge in [-0.3, -0.25) is 4.57 Å². The summed E-state index contributed by atoms with van der Waals surface area (Å²) in [6.07, 6.45) is 3.84. The summed E-state index contributed by atoms with van der Waals surface area (Å²) in [5.74, 6) is 2.16. The zero-order valence-corrected chi connectivity index (χ0v) is 10.5. The van der Waals surface area contributed by atoms with Crippen LogP contribution in [0.2, 0.25) is 0 Å². The lowest BCUT2D eigenvalue weighted by Gasteiger charge is -2.31. The van der Waals surface area contributed by atoms with Crippen molar-refractivity contribution in [2.75, 3.05) is 5.73 Å². The van der Waals surface area contributed by atoms with Crippen molar-refractivity contribution in [3.8, 4) is 12.3 Å². The van der Waals surface area contributed by atoms with Crippen molar-refractivity contribution in [2.24, 2.45) is 0 Å². The van der Waals surface area contributed by atoms with Gasteiger partial charge in [0.1, 0.15) is 17.5 Å². The average molecular weight is 279 g/mol. The summed E-state index contributed by atoms with van der Waals surface area (Å²) >= 11 is 0. The number of nitrogens with zero attached hydrogens (tertiary/aromatic N) is 2. The normalized spacial score (nSPS) is 45.8. The standard InChI is InChI=1S/C12H13N3O5/c1-3-11-7(16)12(11,19)10(2,18)8(20-11)15-5-4-6(13)14-9(15)17/h1,4-5,7-8,16,18-19H,2H3,(H2,13,14,17)/t7?,8-,10+,11-,12+/m1/s1. The molecule has 2 fully saturated rings. The zero-order valence-electron chi connectivity index (χ0n) is 10.5. The van der Waals surface area contributed by atoms with E-state index >= 15 is 0 Å². The monoisotopic (exact) mass is 279 g/mol.